The van der Waals surface area contributed by atoms with Crippen molar-refractivity contribution in [2.24, 2.45) is 0 Å². The number of aromatic carboxylic acids is 1. The summed E-state index contributed by atoms with van der Waals surface area (Å²) in [6.07, 6.45) is 0. The maximum Gasteiger partial charge on any atom is 0.336 e. The van der Waals surface area contributed by atoms with Crippen molar-refractivity contribution in [3.8, 4) is 0 Å². The van der Waals surface area contributed by atoms with E-state index in [2.05, 4.69) is 10.7 Å². The van der Waals surface area contributed by atoms with Gasteiger partial charge in [0, 0.05) is 5.56 Å². The summed E-state index contributed by atoms with van der Waals surface area (Å²) in [5.74, 6) is -1.01. The highest BCUT2D eigenvalue weighted by atomic mass is 35.5. The Morgan fingerprint density at radius 2 is 1.92 bits per heavy atom. The number of nitrogens with zero attached hydrogens (tertiary/aromatic N) is 1. The van der Waals surface area contributed by atoms with E-state index in [0.29, 0.717) is 16.3 Å². The smallest absolute Gasteiger partial charge is 0.336 e. The van der Waals surface area contributed by atoms with Crippen molar-refractivity contribution in [2.75, 3.05) is 11.1 Å². The van der Waals surface area contributed by atoms with Crippen molar-refractivity contribution in [3.63, 3.8) is 0 Å². The number of thiocarbonyl (C=S) groups is 1. The molecule has 3 rings (SSSR count). The Bertz CT molecular complexity index is 878. The molecule has 3 N–H and O–H groups in total. The number of carbonyl (C=O) groups excluding carboxylic acids is 1. The molecule has 2 aromatic rings. The van der Waals surface area contributed by atoms with Crippen LogP contribution in [0.4, 0.5) is 5.69 Å². The molecular weight excluding hydrogens is 394 g/mol. The molecule has 26 heavy (non-hydrogen) atoms. The van der Waals surface area contributed by atoms with E-state index >= 15 is 0 Å². The Morgan fingerprint density at radius 3 is 2.65 bits per heavy atom. The number of carbonyl (C=O) groups is 2. The van der Waals surface area contributed by atoms with Crippen LogP contribution in [0.5, 0.6) is 0 Å². The van der Waals surface area contributed by atoms with Crippen LogP contribution in [0, 0.1) is 0 Å². The van der Waals surface area contributed by atoms with Crippen molar-refractivity contribution in [1.82, 2.24) is 10.4 Å². The van der Waals surface area contributed by atoms with Crippen molar-refractivity contribution in [2.45, 2.75) is 5.37 Å². The number of para-hydroxylation sites is 1. The van der Waals surface area contributed by atoms with Crippen LogP contribution < -0.4 is 10.7 Å². The Balaban J connectivity index is 1.80. The van der Waals surface area contributed by atoms with Crippen molar-refractivity contribution >= 4 is 58.3 Å². The largest absolute Gasteiger partial charge is 0.478 e. The third-order valence-corrected chi connectivity index (χ3v) is 5.39. The Morgan fingerprint density at radius 1 is 1.23 bits per heavy atom. The number of thioether (sulfide) groups is 1. The van der Waals surface area contributed by atoms with Crippen LogP contribution in [0.15, 0.2) is 48.5 Å². The number of benzene rings is 2. The number of carboxylic acids is 1. The first-order valence-electron chi connectivity index (χ1n) is 7.55. The summed E-state index contributed by atoms with van der Waals surface area (Å²) >= 11 is 12.7. The monoisotopic (exact) mass is 407 g/mol. The van der Waals surface area contributed by atoms with Gasteiger partial charge in [-0.1, -0.05) is 41.9 Å². The molecule has 1 aliphatic heterocycles. The normalized spacial score (nSPS) is 16.4. The number of halogens is 1. The molecule has 1 aliphatic rings. The summed E-state index contributed by atoms with van der Waals surface area (Å²) in [6.45, 7) is 0. The first-order valence-corrected chi connectivity index (χ1v) is 9.39. The second-order valence-electron chi connectivity index (χ2n) is 5.37. The summed E-state index contributed by atoms with van der Waals surface area (Å²) in [7, 11) is 0. The first kappa shape index (κ1) is 18.5. The fourth-order valence-corrected chi connectivity index (χ4v) is 4.04. The van der Waals surface area contributed by atoms with Gasteiger partial charge in [0.2, 0.25) is 0 Å². The highest BCUT2D eigenvalue weighted by Crippen LogP contribution is 2.38. The topological polar surface area (TPSA) is 81.7 Å². The summed E-state index contributed by atoms with van der Waals surface area (Å²) in [5, 5.41) is 13.9. The zero-order valence-electron chi connectivity index (χ0n) is 13.3. The molecule has 6 nitrogen and oxygen atoms in total. The lowest BCUT2D eigenvalue weighted by Gasteiger charge is -2.27. The maximum atomic E-state index is 12.3. The summed E-state index contributed by atoms with van der Waals surface area (Å²) in [4.78, 5) is 23.8. The lowest BCUT2D eigenvalue weighted by molar-refractivity contribution is -0.129. The number of nitrogens with one attached hydrogen (secondary N) is 2. The molecule has 1 heterocycles. The third-order valence-electron chi connectivity index (χ3n) is 3.67. The van der Waals surface area contributed by atoms with E-state index in [0.717, 1.165) is 0 Å². The van der Waals surface area contributed by atoms with E-state index in [1.54, 1.807) is 42.5 Å². The van der Waals surface area contributed by atoms with Gasteiger partial charge in [-0.05, 0) is 30.4 Å². The summed E-state index contributed by atoms with van der Waals surface area (Å²) in [6, 6.07) is 13.7. The minimum Gasteiger partial charge on any atom is -0.478 e. The molecule has 0 aromatic heterocycles. The molecule has 1 saturated heterocycles. The number of hydrogen-bond acceptors (Lipinski definition) is 4. The number of hydrogen-bond donors (Lipinski definition) is 3. The Hall–Kier alpha value is -2.29. The summed E-state index contributed by atoms with van der Waals surface area (Å²) < 4.78 is 0. The SMILES string of the molecule is O=C(O)c1ccccc1C1SCC(=O)N1NC(=S)Nc1ccccc1Cl. The van der Waals surface area contributed by atoms with Gasteiger partial charge in [-0.25, -0.2) is 9.80 Å². The molecule has 2 aromatic carbocycles. The standard InChI is InChI=1S/C17H14ClN3O3S2/c18-12-7-3-4-8-13(12)19-17(25)20-21-14(22)9-26-15(21)10-5-1-2-6-11(10)16(23)24/h1-8,15H,9H2,(H,23,24)(H2,19,20,25). The van der Waals surface area contributed by atoms with Gasteiger partial charge in [-0.15, -0.1) is 11.8 Å². The van der Waals surface area contributed by atoms with Gasteiger partial charge in [0.25, 0.3) is 5.91 Å². The van der Waals surface area contributed by atoms with Gasteiger partial charge in [0.15, 0.2) is 5.11 Å². The number of carboxylic acid groups (broad SMARTS) is 1. The zero-order valence-corrected chi connectivity index (χ0v) is 15.7. The van der Waals surface area contributed by atoms with Crippen molar-refractivity contribution in [3.05, 3.63) is 64.7 Å². The highest BCUT2D eigenvalue weighted by molar-refractivity contribution is 8.00. The Kier molecular flexibility index (Phi) is 5.65. The first-order chi connectivity index (χ1) is 12.5. The predicted octanol–water partition coefficient (Wildman–Crippen LogP) is 3.51. The van der Waals surface area contributed by atoms with Crippen molar-refractivity contribution in [1.29, 1.82) is 0 Å². The van der Waals surface area contributed by atoms with E-state index in [-0.39, 0.29) is 22.3 Å². The minimum absolute atomic E-state index is 0.150. The van der Waals surface area contributed by atoms with Gasteiger partial charge in [0.05, 0.1) is 22.0 Å². The number of hydrazine groups is 1. The summed E-state index contributed by atoms with van der Waals surface area (Å²) in [5.41, 5.74) is 4.14. The lowest BCUT2D eigenvalue weighted by atomic mass is 10.1. The predicted molar refractivity (Wildman–Crippen MR) is 106 cm³/mol. The fourth-order valence-electron chi connectivity index (χ4n) is 2.50. The molecule has 1 atom stereocenters. The minimum atomic E-state index is -1.04. The number of amides is 1. The average Bonchev–Trinajstić information content (AvgIpc) is 2.97. The van der Waals surface area contributed by atoms with Crippen LogP contribution in [0.3, 0.4) is 0 Å². The van der Waals surface area contributed by atoms with Crippen LogP contribution in [-0.4, -0.2) is 32.9 Å². The van der Waals surface area contributed by atoms with Gasteiger partial charge < -0.3 is 10.4 Å². The highest BCUT2D eigenvalue weighted by Gasteiger charge is 2.35. The van der Waals surface area contributed by atoms with Crippen LogP contribution in [0.2, 0.25) is 5.02 Å². The van der Waals surface area contributed by atoms with Crippen LogP contribution in [0.1, 0.15) is 21.3 Å². The third kappa shape index (κ3) is 3.92. The van der Waals surface area contributed by atoms with E-state index in [9.17, 15) is 14.7 Å². The second kappa shape index (κ2) is 7.94. The molecule has 9 heteroatoms. The van der Waals surface area contributed by atoms with E-state index in [1.807, 2.05) is 0 Å². The molecular formula is C17H14ClN3O3S2. The van der Waals surface area contributed by atoms with Crippen LogP contribution >= 0.6 is 35.6 Å². The fraction of sp³-hybridized carbons (Fsp3) is 0.118. The Labute approximate surface area is 164 Å². The van der Waals surface area contributed by atoms with E-state index < -0.39 is 11.3 Å². The van der Waals surface area contributed by atoms with Crippen LogP contribution in [0.25, 0.3) is 0 Å². The molecule has 1 unspecified atom stereocenters. The molecule has 0 radical (unpaired) electrons. The number of anilines is 1. The molecule has 0 spiro atoms. The quantitative estimate of drug-likeness (QED) is 0.669. The molecule has 134 valence electrons. The molecule has 0 bridgehead atoms. The van der Waals surface area contributed by atoms with Gasteiger partial charge in [0.1, 0.15) is 5.37 Å². The van der Waals surface area contributed by atoms with E-state index in [4.69, 9.17) is 23.8 Å². The van der Waals surface area contributed by atoms with Crippen LogP contribution in [-0.2, 0) is 4.79 Å². The van der Waals surface area contributed by atoms with Gasteiger partial charge >= 0.3 is 5.97 Å². The maximum absolute atomic E-state index is 12.3. The molecule has 1 fully saturated rings. The van der Waals surface area contributed by atoms with Gasteiger partial charge in [-0.2, -0.15) is 0 Å². The number of rotatable bonds is 4. The lowest BCUT2D eigenvalue weighted by Crippen LogP contribution is -2.46. The molecule has 1 amide bonds. The average molecular weight is 408 g/mol. The van der Waals surface area contributed by atoms with Gasteiger partial charge in [-0.3, -0.25) is 10.2 Å². The van der Waals surface area contributed by atoms with E-state index in [1.165, 1.54) is 22.8 Å². The molecule has 0 aliphatic carbocycles. The molecule has 0 saturated carbocycles. The zero-order chi connectivity index (χ0) is 18.7. The second-order valence-corrected chi connectivity index (χ2v) is 7.25. The van der Waals surface area contributed by atoms with Crippen molar-refractivity contribution < 1.29 is 14.7 Å².